The maximum Gasteiger partial charge on any atom is 0.131 e. The normalized spacial score (nSPS) is 11.2. The van der Waals surface area contributed by atoms with Crippen molar-refractivity contribution in [1.82, 2.24) is 4.98 Å². The van der Waals surface area contributed by atoms with Crippen molar-refractivity contribution < 1.29 is 4.42 Å². The van der Waals surface area contributed by atoms with Crippen LogP contribution in [0.15, 0.2) is 34.3 Å². The van der Waals surface area contributed by atoms with Crippen LogP contribution in [0, 0.1) is 0 Å². The van der Waals surface area contributed by atoms with E-state index in [0.29, 0.717) is 10.8 Å². The molecule has 0 saturated heterocycles. The average molecular weight is 279 g/mol. The zero-order valence-corrected chi connectivity index (χ0v) is 11.1. The van der Waals surface area contributed by atoms with Crippen LogP contribution in [-0.4, -0.2) is 4.98 Å². The minimum Gasteiger partial charge on any atom is -0.469 e. The quantitative estimate of drug-likeness (QED) is 0.739. The molecule has 0 amide bonds. The maximum atomic E-state index is 5.95. The number of furan rings is 1. The van der Waals surface area contributed by atoms with Crippen LogP contribution in [-0.2, 0) is 12.8 Å². The Kier molecular flexibility index (Phi) is 2.97. The molecule has 2 N–H and O–H groups in total. The third-order valence-corrected chi connectivity index (χ3v) is 4.08. The smallest absolute Gasteiger partial charge is 0.131 e. The number of nitrogens with zero attached hydrogens (tertiary/aromatic N) is 1. The summed E-state index contributed by atoms with van der Waals surface area (Å²) in [5, 5.41) is 2.53. The largest absolute Gasteiger partial charge is 0.469 e. The molecule has 3 heterocycles. The topological polar surface area (TPSA) is 52.0 Å². The van der Waals surface area contributed by atoms with Crippen LogP contribution >= 0.6 is 22.9 Å². The van der Waals surface area contributed by atoms with Gasteiger partial charge in [0.15, 0.2) is 0 Å². The van der Waals surface area contributed by atoms with E-state index in [0.717, 1.165) is 28.8 Å². The molecule has 3 aromatic heterocycles. The van der Waals surface area contributed by atoms with Gasteiger partial charge in [0.05, 0.1) is 22.2 Å². The number of hydrogen-bond donors (Lipinski definition) is 1. The van der Waals surface area contributed by atoms with E-state index in [1.165, 1.54) is 5.56 Å². The zero-order chi connectivity index (χ0) is 12.5. The minimum absolute atomic E-state index is 0.442. The maximum absolute atomic E-state index is 5.95. The number of hydrogen-bond acceptors (Lipinski definition) is 4. The van der Waals surface area contributed by atoms with E-state index in [9.17, 15) is 0 Å². The van der Waals surface area contributed by atoms with Gasteiger partial charge in [0.2, 0.25) is 0 Å². The first-order valence-electron chi connectivity index (χ1n) is 5.58. The number of aryl methyl sites for hydroxylation is 2. The molecule has 0 aromatic carbocycles. The summed E-state index contributed by atoms with van der Waals surface area (Å²) in [5.74, 6) is 0.976. The van der Waals surface area contributed by atoms with Crippen molar-refractivity contribution in [3.8, 4) is 0 Å². The van der Waals surface area contributed by atoms with Crippen molar-refractivity contribution >= 4 is 38.8 Å². The van der Waals surface area contributed by atoms with Crippen LogP contribution in [0.1, 0.15) is 11.3 Å². The van der Waals surface area contributed by atoms with Crippen LogP contribution in [0.25, 0.3) is 10.2 Å². The molecule has 0 atom stereocenters. The molecule has 3 aromatic rings. The summed E-state index contributed by atoms with van der Waals surface area (Å²) in [7, 11) is 0. The molecular formula is C13H11ClN2OS. The number of halogens is 1. The molecule has 18 heavy (non-hydrogen) atoms. The second-order valence-electron chi connectivity index (χ2n) is 4.05. The van der Waals surface area contributed by atoms with Crippen LogP contribution in [0.2, 0.25) is 5.15 Å². The Morgan fingerprint density at radius 1 is 1.39 bits per heavy atom. The van der Waals surface area contributed by atoms with Gasteiger partial charge < -0.3 is 10.2 Å². The third kappa shape index (κ3) is 2.09. The van der Waals surface area contributed by atoms with E-state index in [4.69, 9.17) is 21.8 Å². The van der Waals surface area contributed by atoms with Gasteiger partial charge in [0, 0.05) is 6.42 Å². The summed E-state index contributed by atoms with van der Waals surface area (Å²) in [4.78, 5) is 4.36. The van der Waals surface area contributed by atoms with Gasteiger partial charge in [-0.2, -0.15) is 0 Å². The summed E-state index contributed by atoms with van der Waals surface area (Å²) in [6.07, 6.45) is 3.42. The summed E-state index contributed by atoms with van der Waals surface area (Å²) >= 11 is 7.56. The lowest BCUT2D eigenvalue weighted by Crippen LogP contribution is -1.92. The first-order chi connectivity index (χ1) is 8.74. The molecule has 0 radical (unpaired) electrons. The highest BCUT2D eigenvalue weighted by atomic mass is 35.5. The molecule has 0 aliphatic rings. The monoisotopic (exact) mass is 278 g/mol. The predicted octanol–water partition coefficient (Wildman–Crippen LogP) is 3.91. The first-order valence-corrected chi connectivity index (χ1v) is 6.84. The summed E-state index contributed by atoms with van der Waals surface area (Å²) in [5.41, 5.74) is 8.70. The fraction of sp³-hybridized carbons (Fsp3) is 0.154. The lowest BCUT2D eigenvalue weighted by Gasteiger charge is -2.00. The number of aromatic nitrogens is 1. The van der Waals surface area contributed by atoms with Gasteiger partial charge in [-0.25, -0.2) is 4.98 Å². The van der Waals surface area contributed by atoms with Crippen LogP contribution in [0.5, 0.6) is 0 Å². The van der Waals surface area contributed by atoms with Gasteiger partial charge >= 0.3 is 0 Å². The van der Waals surface area contributed by atoms with E-state index in [-0.39, 0.29) is 0 Å². The third-order valence-electron chi connectivity index (χ3n) is 2.81. The molecule has 0 fully saturated rings. The summed E-state index contributed by atoms with van der Waals surface area (Å²) in [6, 6.07) is 5.56. The Hall–Kier alpha value is -1.52. The van der Waals surface area contributed by atoms with Gasteiger partial charge in [-0.05, 0) is 35.6 Å². The molecule has 0 saturated carbocycles. The Morgan fingerprint density at radius 3 is 3.06 bits per heavy atom. The standard InChI is InChI=1S/C13H11ClN2OS/c14-11-6-10(15)13-12(16-11)8(7-18-13)3-4-9-2-1-5-17-9/h1-2,5-7H,3-4H2,(H2,15,16). The summed E-state index contributed by atoms with van der Waals surface area (Å²) in [6.45, 7) is 0. The first kappa shape index (κ1) is 11.6. The molecule has 92 valence electrons. The highest BCUT2D eigenvalue weighted by Gasteiger charge is 2.10. The molecule has 3 nitrogen and oxygen atoms in total. The van der Waals surface area contributed by atoms with Crippen molar-refractivity contribution in [2.24, 2.45) is 0 Å². The second kappa shape index (κ2) is 4.63. The van der Waals surface area contributed by atoms with Crippen molar-refractivity contribution in [2.75, 3.05) is 5.73 Å². The molecular weight excluding hydrogens is 268 g/mol. The van der Waals surface area contributed by atoms with Crippen molar-refractivity contribution in [3.05, 3.63) is 46.3 Å². The SMILES string of the molecule is Nc1cc(Cl)nc2c(CCc3ccco3)csc12. The second-order valence-corrected chi connectivity index (χ2v) is 5.32. The van der Waals surface area contributed by atoms with Gasteiger partial charge in [-0.3, -0.25) is 0 Å². The molecule has 0 aliphatic heterocycles. The van der Waals surface area contributed by atoms with E-state index in [1.54, 1.807) is 23.7 Å². The van der Waals surface area contributed by atoms with E-state index in [1.807, 2.05) is 12.1 Å². The highest BCUT2D eigenvalue weighted by molar-refractivity contribution is 7.18. The number of anilines is 1. The van der Waals surface area contributed by atoms with Crippen LogP contribution in [0.3, 0.4) is 0 Å². The average Bonchev–Trinajstić information content (AvgIpc) is 2.94. The number of nitrogens with two attached hydrogens (primary N) is 1. The molecule has 0 unspecified atom stereocenters. The number of thiophene rings is 1. The number of nitrogen functional groups attached to an aromatic ring is 1. The van der Waals surface area contributed by atoms with Crippen LogP contribution < -0.4 is 5.73 Å². The molecule has 0 aliphatic carbocycles. The number of rotatable bonds is 3. The van der Waals surface area contributed by atoms with Crippen molar-refractivity contribution in [3.63, 3.8) is 0 Å². The van der Waals surface area contributed by atoms with Gasteiger partial charge in [0.25, 0.3) is 0 Å². The highest BCUT2D eigenvalue weighted by Crippen LogP contribution is 2.31. The van der Waals surface area contributed by atoms with E-state index < -0.39 is 0 Å². The van der Waals surface area contributed by atoms with Crippen molar-refractivity contribution in [2.45, 2.75) is 12.8 Å². The fourth-order valence-corrected chi connectivity index (χ4v) is 3.11. The Labute approximate surface area is 113 Å². The van der Waals surface area contributed by atoms with Gasteiger partial charge in [-0.1, -0.05) is 11.6 Å². The lowest BCUT2D eigenvalue weighted by molar-refractivity contribution is 0.509. The minimum atomic E-state index is 0.442. The van der Waals surface area contributed by atoms with Gasteiger partial charge in [-0.15, -0.1) is 11.3 Å². The Bertz CT molecular complexity index is 676. The van der Waals surface area contributed by atoms with Gasteiger partial charge in [0.1, 0.15) is 10.9 Å². The predicted molar refractivity (Wildman–Crippen MR) is 75.2 cm³/mol. The molecule has 5 heteroatoms. The van der Waals surface area contributed by atoms with E-state index in [2.05, 4.69) is 10.4 Å². The zero-order valence-electron chi connectivity index (χ0n) is 9.52. The number of fused-ring (bicyclic) bond motifs is 1. The fourth-order valence-electron chi connectivity index (χ4n) is 1.94. The molecule has 0 bridgehead atoms. The summed E-state index contributed by atoms with van der Waals surface area (Å²) < 4.78 is 6.33. The Morgan fingerprint density at radius 2 is 2.28 bits per heavy atom. The van der Waals surface area contributed by atoms with E-state index >= 15 is 0 Å². The number of pyridine rings is 1. The molecule has 0 spiro atoms. The van der Waals surface area contributed by atoms with Crippen LogP contribution in [0.4, 0.5) is 5.69 Å². The Balaban J connectivity index is 1.92. The lowest BCUT2D eigenvalue weighted by atomic mass is 10.1. The van der Waals surface area contributed by atoms with Crippen molar-refractivity contribution in [1.29, 1.82) is 0 Å². The molecule has 3 rings (SSSR count).